The van der Waals surface area contributed by atoms with Crippen LogP contribution in [0.25, 0.3) is 0 Å². The van der Waals surface area contributed by atoms with Gasteiger partial charge in [-0.3, -0.25) is 14.5 Å². The Labute approximate surface area is 102 Å². The maximum absolute atomic E-state index is 12.1. The van der Waals surface area contributed by atoms with Crippen molar-refractivity contribution in [3.8, 4) is 0 Å². The van der Waals surface area contributed by atoms with Gasteiger partial charge in [0.05, 0.1) is 12.5 Å². The number of hydrogen-bond donors (Lipinski definition) is 1. The number of nitrogens with zero attached hydrogens (tertiary/aromatic N) is 2. The Morgan fingerprint density at radius 2 is 1.88 bits per heavy atom. The molecular weight excluding hydrogens is 220 g/mol. The molecule has 0 aromatic rings. The minimum Gasteiger partial charge on any atom is -0.481 e. The smallest absolute Gasteiger partial charge is 0.304 e. The average Bonchev–Trinajstić information content (AvgIpc) is 2.35. The fraction of sp³-hybridized carbons (Fsp3) is 0.833. The normalized spacial score (nSPS) is 18.2. The van der Waals surface area contributed by atoms with Gasteiger partial charge in [0.1, 0.15) is 0 Å². The second kappa shape index (κ2) is 6.59. The first-order valence-corrected chi connectivity index (χ1v) is 6.23. The molecule has 1 rings (SSSR count). The number of carbonyl (C=O) groups is 2. The van der Waals surface area contributed by atoms with E-state index in [9.17, 15) is 9.59 Å². The monoisotopic (exact) mass is 242 g/mol. The molecule has 5 nitrogen and oxygen atoms in total. The molecule has 0 aromatic carbocycles. The third-order valence-electron chi connectivity index (χ3n) is 3.36. The zero-order valence-corrected chi connectivity index (χ0v) is 10.7. The summed E-state index contributed by atoms with van der Waals surface area (Å²) in [6.07, 6.45) is 3.44. The number of likely N-dealkylation sites (tertiary alicyclic amines) is 1. The number of aliphatic carboxylic acids is 1. The summed E-state index contributed by atoms with van der Waals surface area (Å²) >= 11 is 0. The topological polar surface area (TPSA) is 60.9 Å². The first kappa shape index (κ1) is 14.0. The van der Waals surface area contributed by atoms with Gasteiger partial charge >= 0.3 is 5.97 Å². The van der Waals surface area contributed by atoms with Crippen molar-refractivity contribution in [3.63, 3.8) is 0 Å². The van der Waals surface area contributed by atoms with E-state index in [0.717, 1.165) is 25.9 Å². The minimum absolute atomic E-state index is 0.0775. The van der Waals surface area contributed by atoms with Crippen molar-refractivity contribution in [1.29, 1.82) is 0 Å². The molecule has 1 amide bonds. The molecule has 1 N–H and O–H groups in total. The number of likely N-dealkylation sites (N-methyl/N-ethyl adjacent to an activating group) is 1. The summed E-state index contributed by atoms with van der Waals surface area (Å²) in [5, 5.41) is 8.61. The molecule has 5 heteroatoms. The molecule has 0 saturated carbocycles. The summed E-state index contributed by atoms with van der Waals surface area (Å²) in [5.41, 5.74) is 0. The minimum atomic E-state index is -0.825. The summed E-state index contributed by atoms with van der Waals surface area (Å²) in [5.74, 6) is -0.702. The van der Waals surface area contributed by atoms with E-state index >= 15 is 0 Å². The summed E-state index contributed by atoms with van der Waals surface area (Å²) in [4.78, 5) is 26.3. The van der Waals surface area contributed by atoms with Crippen LogP contribution < -0.4 is 0 Å². The van der Waals surface area contributed by atoms with Gasteiger partial charge in [0.15, 0.2) is 0 Å². The van der Waals surface area contributed by atoms with Crippen molar-refractivity contribution in [2.75, 3.05) is 26.7 Å². The summed E-state index contributed by atoms with van der Waals surface area (Å²) in [7, 11) is 1.80. The molecule has 0 radical (unpaired) electrons. The molecule has 0 aromatic heterocycles. The maximum atomic E-state index is 12.1. The van der Waals surface area contributed by atoms with Crippen LogP contribution in [0, 0.1) is 0 Å². The molecule has 1 unspecified atom stereocenters. The second-order valence-corrected chi connectivity index (χ2v) is 4.69. The van der Waals surface area contributed by atoms with Crippen molar-refractivity contribution in [3.05, 3.63) is 0 Å². The van der Waals surface area contributed by atoms with E-state index in [1.54, 1.807) is 7.05 Å². The van der Waals surface area contributed by atoms with Gasteiger partial charge in [0, 0.05) is 19.6 Å². The molecular formula is C12H22N2O3. The first-order chi connectivity index (χ1) is 8.02. The van der Waals surface area contributed by atoms with E-state index in [0.29, 0.717) is 6.54 Å². The lowest BCUT2D eigenvalue weighted by Crippen LogP contribution is -2.47. The third kappa shape index (κ3) is 4.34. The molecule has 1 saturated heterocycles. The Hall–Kier alpha value is -1.10. The van der Waals surface area contributed by atoms with Gasteiger partial charge < -0.3 is 10.0 Å². The highest BCUT2D eigenvalue weighted by molar-refractivity contribution is 5.81. The first-order valence-electron chi connectivity index (χ1n) is 6.23. The van der Waals surface area contributed by atoms with Crippen molar-refractivity contribution < 1.29 is 14.7 Å². The molecule has 1 aliphatic heterocycles. The third-order valence-corrected chi connectivity index (χ3v) is 3.36. The van der Waals surface area contributed by atoms with Crippen molar-refractivity contribution >= 4 is 11.9 Å². The lowest BCUT2D eigenvalue weighted by molar-refractivity contribution is -0.140. The van der Waals surface area contributed by atoms with E-state index in [1.807, 2.05) is 16.7 Å². The van der Waals surface area contributed by atoms with Crippen molar-refractivity contribution in [2.24, 2.45) is 0 Å². The highest BCUT2D eigenvalue weighted by Gasteiger charge is 2.24. The van der Waals surface area contributed by atoms with E-state index in [1.165, 1.54) is 6.42 Å². The van der Waals surface area contributed by atoms with Crippen LogP contribution in [0.1, 0.15) is 32.6 Å². The van der Waals surface area contributed by atoms with E-state index in [2.05, 4.69) is 0 Å². The van der Waals surface area contributed by atoms with Crippen LogP contribution in [0.5, 0.6) is 0 Å². The van der Waals surface area contributed by atoms with Gasteiger partial charge in [-0.15, -0.1) is 0 Å². The van der Waals surface area contributed by atoms with Crippen LogP contribution in [0.2, 0.25) is 0 Å². The number of hydrogen-bond acceptors (Lipinski definition) is 3. The lowest BCUT2D eigenvalue weighted by Gasteiger charge is -2.32. The number of carboxylic acid groups (broad SMARTS) is 1. The van der Waals surface area contributed by atoms with Gasteiger partial charge in [-0.25, -0.2) is 0 Å². The molecule has 1 fully saturated rings. The number of carbonyl (C=O) groups excluding carboxylic acids is 1. The Morgan fingerprint density at radius 3 is 2.41 bits per heavy atom. The molecule has 0 aliphatic carbocycles. The van der Waals surface area contributed by atoms with Crippen LogP contribution in [0.15, 0.2) is 0 Å². The Bertz CT molecular complexity index is 275. The molecule has 0 bridgehead atoms. The van der Waals surface area contributed by atoms with Gasteiger partial charge in [-0.1, -0.05) is 0 Å². The van der Waals surface area contributed by atoms with Gasteiger partial charge in [0.2, 0.25) is 5.91 Å². The predicted molar refractivity (Wildman–Crippen MR) is 64.8 cm³/mol. The largest absolute Gasteiger partial charge is 0.481 e. The fourth-order valence-corrected chi connectivity index (χ4v) is 2.03. The molecule has 98 valence electrons. The molecule has 1 aliphatic rings. The molecule has 1 heterocycles. The second-order valence-electron chi connectivity index (χ2n) is 4.69. The Kier molecular flexibility index (Phi) is 5.41. The molecule has 0 spiro atoms. The summed E-state index contributed by atoms with van der Waals surface area (Å²) < 4.78 is 0. The Morgan fingerprint density at radius 1 is 1.29 bits per heavy atom. The number of carboxylic acids is 1. The van der Waals surface area contributed by atoms with E-state index < -0.39 is 5.97 Å². The molecule has 17 heavy (non-hydrogen) atoms. The highest BCUT2D eigenvalue weighted by Crippen LogP contribution is 2.11. The average molecular weight is 242 g/mol. The van der Waals surface area contributed by atoms with Crippen LogP contribution in [-0.4, -0.2) is 59.5 Å². The maximum Gasteiger partial charge on any atom is 0.304 e. The van der Waals surface area contributed by atoms with Crippen molar-refractivity contribution in [2.45, 2.75) is 38.6 Å². The van der Waals surface area contributed by atoms with Gasteiger partial charge in [-0.2, -0.15) is 0 Å². The molecule has 1 atom stereocenters. The quantitative estimate of drug-likeness (QED) is 0.774. The standard InChI is InChI=1S/C12H22N2O3/c1-10(13(2)9-6-11(15)16)12(17)14-7-4-3-5-8-14/h10H,3-9H2,1-2H3,(H,15,16). The van der Waals surface area contributed by atoms with Gasteiger partial charge in [0.25, 0.3) is 0 Å². The van der Waals surface area contributed by atoms with Crippen LogP contribution in [-0.2, 0) is 9.59 Å². The summed E-state index contributed by atoms with van der Waals surface area (Å²) in [6, 6.07) is -0.229. The predicted octanol–water partition coefficient (Wildman–Crippen LogP) is 0.794. The van der Waals surface area contributed by atoms with Crippen molar-refractivity contribution in [1.82, 2.24) is 9.80 Å². The van der Waals surface area contributed by atoms with Crippen LogP contribution >= 0.6 is 0 Å². The summed E-state index contributed by atoms with van der Waals surface area (Å²) in [6.45, 7) is 3.95. The van der Waals surface area contributed by atoms with Crippen LogP contribution in [0.3, 0.4) is 0 Å². The van der Waals surface area contributed by atoms with Crippen LogP contribution in [0.4, 0.5) is 0 Å². The zero-order chi connectivity index (χ0) is 12.8. The van der Waals surface area contributed by atoms with E-state index in [4.69, 9.17) is 5.11 Å². The lowest BCUT2D eigenvalue weighted by atomic mass is 10.1. The van der Waals surface area contributed by atoms with E-state index in [-0.39, 0.29) is 18.4 Å². The number of piperidine rings is 1. The number of amides is 1. The van der Waals surface area contributed by atoms with Gasteiger partial charge in [-0.05, 0) is 33.2 Å². The zero-order valence-electron chi connectivity index (χ0n) is 10.7. The highest BCUT2D eigenvalue weighted by atomic mass is 16.4. The fourth-order valence-electron chi connectivity index (χ4n) is 2.03. The SMILES string of the molecule is CC(C(=O)N1CCCCC1)N(C)CCC(=O)O. The Balaban J connectivity index is 2.41. The number of rotatable bonds is 5.